The van der Waals surface area contributed by atoms with Crippen molar-refractivity contribution in [2.45, 2.75) is 25.8 Å². The van der Waals surface area contributed by atoms with Crippen LogP contribution in [0.3, 0.4) is 0 Å². The molecule has 1 heterocycles. The number of rotatable bonds is 7. The fraction of sp³-hybridized carbons (Fsp3) is 0.385. The molecule has 0 aliphatic carbocycles. The predicted octanol–water partition coefficient (Wildman–Crippen LogP) is 0.313. The zero-order chi connectivity index (χ0) is 15.8. The van der Waals surface area contributed by atoms with Crippen LogP contribution in [0, 0.1) is 0 Å². The molecular formula is C13H16N2O6. The van der Waals surface area contributed by atoms with Gasteiger partial charge in [0.25, 0.3) is 5.91 Å². The van der Waals surface area contributed by atoms with Crippen LogP contribution in [-0.2, 0) is 14.3 Å². The lowest BCUT2D eigenvalue weighted by Gasteiger charge is -2.14. The minimum absolute atomic E-state index is 0.118. The molecule has 0 unspecified atom stereocenters. The molecular weight excluding hydrogens is 280 g/mol. The molecule has 1 rings (SSSR count). The molecule has 1 aromatic rings. The molecule has 0 bridgehead atoms. The summed E-state index contributed by atoms with van der Waals surface area (Å²) in [4.78, 5) is 37.8. The number of hydrogen-bond donors (Lipinski definition) is 3. The Bertz CT molecular complexity index is 531. The SMILES string of the molecule is CCOC(=O)CC[C@H](NC(=O)c1ncccc1O)C(=O)O. The molecule has 0 radical (unpaired) electrons. The van der Waals surface area contributed by atoms with E-state index in [0.717, 1.165) is 0 Å². The maximum Gasteiger partial charge on any atom is 0.326 e. The molecule has 1 amide bonds. The maximum absolute atomic E-state index is 11.8. The minimum atomic E-state index is -1.29. The first kappa shape index (κ1) is 16.4. The lowest BCUT2D eigenvalue weighted by Crippen LogP contribution is -2.41. The monoisotopic (exact) mass is 296 g/mol. The van der Waals surface area contributed by atoms with Crippen molar-refractivity contribution in [2.75, 3.05) is 6.61 Å². The number of nitrogens with one attached hydrogen (secondary N) is 1. The van der Waals surface area contributed by atoms with Gasteiger partial charge in [0.2, 0.25) is 0 Å². The second-order valence-corrected chi connectivity index (χ2v) is 4.08. The first-order valence-corrected chi connectivity index (χ1v) is 6.29. The molecule has 114 valence electrons. The zero-order valence-electron chi connectivity index (χ0n) is 11.4. The van der Waals surface area contributed by atoms with Gasteiger partial charge in [-0.05, 0) is 25.5 Å². The van der Waals surface area contributed by atoms with Crippen molar-refractivity contribution in [1.82, 2.24) is 10.3 Å². The van der Waals surface area contributed by atoms with Crippen molar-refractivity contribution in [1.29, 1.82) is 0 Å². The molecule has 8 nitrogen and oxygen atoms in total. The van der Waals surface area contributed by atoms with Crippen LogP contribution in [-0.4, -0.2) is 45.7 Å². The summed E-state index contributed by atoms with van der Waals surface area (Å²) in [6, 6.07) is 1.42. The number of aromatic hydroxyl groups is 1. The van der Waals surface area contributed by atoms with Gasteiger partial charge in [-0.2, -0.15) is 0 Å². The quantitative estimate of drug-likeness (QED) is 0.618. The summed E-state index contributed by atoms with van der Waals surface area (Å²) in [7, 11) is 0. The van der Waals surface area contributed by atoms with E-state index in [9.17, 15) is 19.5 Å². The van der Waals surface area contributed by atoms with E-state index in [-0.39, 0.29) is 30.9 Å². The first-order chi connectivity index (χ1) is 9.95. The maximum atomic E-state index is 11.8. The number of esters is 1. The number of carboxylic acid groups (broad SMARTS) is 1. The molecule has 0 aliphatic rings. The number of nitrogens with zero attached hydrogens (tertiary/aromatic N) is 1. The number of pyridine rings is 1. The van der Waals surface area contributed by atoms with E-state index in [1.165, 1.54) is 18.3 Å². The molecule has 0 saturated carbocycles. The largest absolute Gasteiger partial charge is 0.505 e. The number of hydrogen-bond acceptors (Lipinski definition) is 6. The van der Waals surface area contributed by atoms with Gasteiger partial charge in [-0.25, -0.2) is 9.78 Å². The zero-order valence-corrected chi connectivity index (χ0v) is 11.4. The topological polar surface area (TPSA) is 126 Å². The average Bonchev–Trinajstić information content (AvgIpc) is 2.43. The van der Waals surface area contributed by atoms with Crippen molar-refractivity contribution < 1.29 is 29.3 Å². The average molecular weight is 296 g/mol. The van der Waals surface area contributed by atoms with Crippen molar-refractivity contribution in [3.8, 4) is 5.75 Å². The highest BCUT2D eigenvalue weighted by molar-refractivity contribution is 5.97. The molecule has 8 heteroatoms. The molecule has 3 N–H and O–H groups in total. The number of carbonyl (C=O) groups excluding carboxylic acids is 2. The second kappa shape index (κ2) is 7.83. The van der Waals surface area contributed by atoms with Gasteiger partial charge >= 0.3 is 11.9 Å². The third-order valence-electron chi connectivity index (χ3n) is 2.55. The molecule has 0 aromatic carbocycles. The Kier molecular flexibility index (Phi) is 6.12. The fourth-order valence-electron chi connectivity index (χ4n) is 1.55. The lowest BCUT2D eigenvalue weighted by atomic mass is 10.1. The Morgan fingerprint density at radius 3 is 2.71 bits per heavy atom. The van der Waals surface area contributed by atoms with Crippen molar-refractivity contribution in [2.24, 2.45) is 0 Å². The van der Waals surface area contributed by atoms with E-state index < -0.39 is 23.9 Å². The van der Waals surface area contributed by atoms with Crippen LogP contribution in [0.25, 0.3) is 0 Å². The summed E-state index contributed by atoms with van der Waals surface area (Å²) in [5, 5.41) is 20.7. The standard InChI is InChI=1S/C13H16N2O6/c1-2-21-10(17)6-5-8(13(19)20)15-12(18)11-9(16)4-3-7-14-11/h3-4,7-8,16H,2,5-6H2,1H3,(H,15,18)(H,19,20)/t8-/m0/s1. The van der Waals surface area contributed by atoms with Crippen molar-refractivity contribution >= 4 is 17.8 Å². The Hall–Kier alpha value is -2.64. The normalized spacial score (nSPS) is 11.5. The molecule has 0 spiro atoms. The molecule has 21 heavy (non-hydrogen) atoms. The van der Waals surface area contributed by atoms with E-state index in [4.69, 9.17) is 5.11 Å². The van der Waals surface area contributed by atoms with Crippen LogP contribution in [0.15, 0.2) is 18.3 Å². The Labute approximate surface area is 120 Å². The highest BCUT2D eigenvalue weighted by atomic mass is 16.5. The smallest absolute Gasteiger partial charge is 0.326 e. The third-order valence-corrected chi connectivity index (χ3v) is 2.55. The van der Waals surface area contributed by atoms with E-state index >= 15 is 0 Å². The Morgan fingerprint density at radius 2 is 2.14 bits per heavy atom. The van der Waals surface area contributed by atoms with E-state index in [1.54, 1.807) is 6.92 Å². The van der Waals surface area contributed by atoms with Gasteiger partial charge in [-0.1, -0.05) is 0 Å². The van der Waals surface area contributed by atoms with Crippen LogP contribution in [0.5, 0.6) is 5.75 Å². The van der Waals surface area contributed by atoms with E-state index in [0.29, 0.717) is 0 Å². The lowest BCUT2D eigenvalue weighted by molar-refractivity contribution is -0.144. The highest BCUT2D eigenvalue weighted by Crippen LogP contribution is 2.12. The third kappa shape index (κ3) is 5.09. The molecule has 0 fully saturated rings. The second-order valence-electron chi connectivity index (χ2n) is 4.08. The summed E-state index contributed by atoms with van der Waals surface area (Å²) >= 11 is 0. The predicted molar refractivity (Wildman–Crippen MR) is 70.7 cm³/mol. The van der Waals surface area contributed by atoms with Crippen LogP contribution in [0.1, 0.15) is 30.3 Å². The van der Waals surface area contributed by atoms with Gasteiger partial charge in [0.1, 0.15) is 11.8 Å². The summed E-state index contributed by atoms with van der Waals surface area (Å²) < 4.78 is 4.68. The number of carbonyl (C=O) groups is 3. The molecule has 1 atom stereocenters. The molecule has 0 saturated heterocycles. The van der Waals surface area contributed by atoms with E-state index in [1.807, 2.05) is 0 Å². The van der Waals surface area contributed by atoms with Crippen LogP contribution in [0.4, 0.5) is 0 Å². The number of aromatic nitrogens is 1. The number of ether oxygens (including phenoxy) is 1. The Balaban J connectivity index is 2.66. The fourth-order valence-corrected chi connectivity index (χ4v) is 1.55. The van der Waals surface area contributed by atoms with Gasteiger partial charge in [-0.15, -0.1) is 0 Å². The minimum Gasteiger partial charge on any atom is -0.505 e. The van der Waals surface area contributed by atoms with Crippen LogP contribution >= 0.6 is 0 Å². The highest BCUT2D eigenvalue weighted by Gasteiger charge is 2.23. The van der Waals surface area contributed by atoms with Crippen LogP contribution in [0.2, 0.25) is 0 Å². The van der Waals surface area contributed by atoms with E-state index in [2.05, 4.69) is 15.0 Å². The van der Waals surface area contributed by atoms with Gasteiger partial charge < -0.3 is 20.3 Å². The van der Waals surface area contributed by atoms with Crippen molar-refractivity contribution in [3.63, 3.8) is 0 Å². The van der Waals surface area contributed by atoms with Crippen molar-refractivity contribution in [3.05, 3.63) is 24.0 Å². The number of aliphatic carboxylic acids is 1. The summed E-state index contributed by atoms with van der Waals surface area (Å²) in [6.07, 6.45) is 1.04. The first-order valence-electron chi connectivity index (χ1n) is 6.29. The molecule has 0 aliphatic heterocycles. The summed E-state index contributed by atoms with van der Waals surface area (Å²) in [6.45, 7) is 1.84. The van der Waals surface area contributed by atoms with Gasteiger partial charge in [0.15, 0.2) is 5.69 Å². The number of amides is 1. The van der Waals surface area contributed by atoms with Gasteiger partial charge in [0.05, 0.1) is 6.61 Å². The van der Waals surface area contributed by atoms with Gasteiger partial charge in [-0.3, -0.25) is 9.59 Å². The van der Waals surface area contributed by atoms with Gasteiger partial charge in [0, 0.05) is 12.6 Å². The molecule has 1 aromatic heterocycles. The summed E-state index contributed by atoms with van der Waals surface area (Å²) in [5.74, 6) is -3.02. The number of carboxylic acids is 1. The summed E-state index contributed by atoms with van der Waals surface area (Å²) in [5.41, 5.74) is -0.278. The Morgan fingerprint density at radius 1 is 1.43 bits per heavy atom. The van der Waals surface area contributed by atoms with Crippen LogP contribution < -0.4 is 5.32 Å².